The van der Waals surface area contributed by atoms with Gasteiger partial charge in [-0.25, -0.2) is 0 Å². The molecule has 0 aliphatic carbocycles. The van der Waals surface area contributed by atoms with Crippen molar-refractivity contribution in [3.63, 3.8) is 0 Å². The second-order valence-electron chi connectivity index (χ2n) is 4.65. The first-order valence-electron chi connectivity index (χ1n) is 6.25. The zero-order valence-corrected chi connectivity index (χ0v) is 11.7. The highest BCUT2D eigenvalue weighted by Gasteiger charge is 2.11. The lowest BCUT2D eigenvalue weighted by atomic mass is 10.0. The Morgan fingerprint density at radius 2 is 1.90 bits per heavy atom. The van der Waals surface area contributed by atoms with Crippen LogP contribution in [0, 0.1) is 24.0 Å². The zero-order valence-electron chi connectivity index (χ0n) is 11.7. The first-order chi connectivity index (χ1) is 9.52. The SMILES string of the molecule is COc1c(C)cnc(Cc2ccc([N+](=O)[O-])cc2)c1C. The molecule has 0 saturated carbocycles. The fraction of sp³-hybridized carbons (Fsp3) is 0.267. The Morgan fingerprint density at radius 3 is 2.45 bits per heavy atom. The van der Waals surface area contributed by atoms with Crippen molar-refractivity contribution in [2.75, 3.05) is 7.11 Å². The molecule has 5 nitrogen and oxygen atoms in total. The Labute approximate surface area is 117 Å². The van der Waals surface area contributed by atoms with E-state index in [0.29, 0.717) is 6.42 Å². The normalized spacial score (nSPS) is 10.3. The number of hydrogen-bond acceptors (Lipinski definition) is 4. The van der Waals surface area contributed by atoms with Gasteiger partial charge >= 0.3 is 0 Å². The predicted molar refractivity (Wildman–Crippen MR) is 76.2 cm³/mol. The topological polar surface area (TPSA) is 65.3 Å². The van der Waals surface area contributed by atoms with Gasteiger partial charge in [-0.2, -0.15) is 0 Å². The maximum absolute atomic E-state index is 10.6. The third-order valence-corrected chi connectivity index (χ3v) is 3.27. The highest BCUT2D eigenvalue weighted by Crippen LogP contribution is 2.25. The van der Waals surface area contributed by atoms with Crippen LogP contribution in [0.1, 0.15) is 22.4 Å². The summed E-state index contributed by atoms with van der Waals surface area (Å²) in [5, 5.41) is 10.6. The van der Waals surface area contributed by atoms with Gasteiger partial charge in [-0.05, 0) is 19.4 Å². The van der Waals surface area contributed by atoms with E-state index < -0.39 is 4.92 Å². The molecule has 0 amide bonds. The molecule has 1 aromatic heterocycles. The van der Waals surface area contributed by atoms with Crippen molar-refractivity contribution in [1.82, 2.24) is 4.98 Å². The molecule has 0 saturated heterocycles. The molecule has 0 spiro atoms. The van der Waals surface area contributed by atoms with Crippen molar-refractivity contribution in [3.8, 4) is 5.75 Å². The highest BCUT2D eigenvalue weighted by atomic mass is 16.6. The van der Waals surface area contributed by atoms with E-state index in [1.165, 1.54) is 12.1 Å². The molecule has 0 atom stereocenters. The number of aryl methyl sites for hydroxylation is 1. The lowest BCUT2D eigenvalue weighted by Crippen LogP contribution is -2.01. The largest absolute Gasteiger partial charge is 0.496 e. The van der Waals surface area contributed by atoms with Crippen LogP contribution in [0.4, 0.5) is 5.69 Å². The van der Waals surface area contributed by atoms with E-state index in [1.807, 2.05) is 13.8 Å². The molecule has 104 valence electrons. The predicted octanol–water partition coefficient (Wildman–Crippen LogP) is 3.21. The Morgan fingerprint density at radius 1 is 1.25 bits per heavy atom. The number of non-ortho nitro benzene ring substituents is 1. The molecule has 2 aromatic rings. The number of methoxy groups -OCH3 is 1. The van der Waals surface area contributed by atoms with Crippen molar-refractivity contribution in [2.24, 2.45) is 0 Å². The molecular formula is C15H16N2O3. The summed E-state index contributed by atoms with van der Waals surface area (Å²) >= 11 is 0. The van der Waals surface area contributed by atoms with E-state index in [4.69, 9.17) is 4.74 Å². The molecule has 1 heterocycles. The monoisotopic (exact) mass is 272 g/mol. The van der Waals surface area contributed by atoms with Gasteiger partial charge in [0.15, 0.2) is 0 Å². The first-order valence-corrected chi connectivity index (χ1v) is 6.25. The number of nitro groups is 1. The number of aromatic nitrogens is 1. The van der Waals surface area contributed by atoms with Crippen LogP contribution in [-0.4, -0.2) is 17.0 Å². The van der Waals surface area contributed by atoms with Gasteiger partial charge in [0, 0.05) is 35.9 Å². The maximum atomic E-state index is 10.6. The smallest absolute Gasteiger partial charge is 0.269 e. The van der Waals surface area contributed by atoms with Crippen molar-refractivity contribution in [2.45, 2.75) is 20.3 Å². The standard InChI is InChI=1S/C15H16N2O3/c1-10-9-16-14(11(2)15(10)20-3)8-12-4-6-13(7-5-12)17(18)19/h4-7,9H,8H2,1-3H3. The average molecular weight is 272 g/mol. The van der Waals surface area contributed by atoms with E-state index in [0.717, 1.165) is 28.1 Å². The molecule has 0 unspecified atom stereocenters. The van der Waals surface area contributed by atoms with Crippen LogP contribution in [0.2, 0.25) is 0 Å². The van der Waals surface area contributed by atoms with E-state index in [1.54, 1.807) is 25.4 Å². The average Bonchev–Trinajstić information content (AvgIpc) is 2.43. The summed E-state index contributed by atoms with van der Waals surface area (Å²) in [6, 6.07) is 6.53. The molecule has 0 fully saturated rings. The van der Waals surface area contributed by atoms with Gasteiger partial charge in [0.25, 0.3) is 5.69 Å². The molecule has 0 radical (unpaired) electrons. The number of hydrogen-bond donors (Lipinski definition) is 0. The van der Waals surface area contributed by atoms with E-state index in [2.05, 4.69) is 4.98 Å². The number of pyridine rings is 1. The summed E-state index contributed by atoms with van der Waals surface area (Å²) in [5.41, 5.74) is 4.00. The number of rotatable bonds is 4. The van der Waals surface area contributed by atoms with Crippen molar-refractivity contribution in [1.29, 1.82) is 0 Å². The minimum atomic E-state index is -0.401. The van der Waals surface area contributed by atoms with Gasteiger partial charge in [-0.15, -0.1) is 0 Å². The summed E-state index contributed by atoms with van der Waals surface area (Å²) in [4.78, 5) is 14.6. The quantitative estimate of drug-likeness (QED) is 0.633. The summed E-state index contributed by atoms with van der Waals surface area (Å²) in [7, 11) is 1.64. The van der Waals surface area contributed by atoms with Crippen LogP contribution in [0.15, 0.2) is 30.5 Å². The van der Waals surface area contributed by atoms with Gasteiger partial charge in [-0.3, -0.25) is 15.1 Å². The van der Waals surface area contributed by atoms with Gasteiger partial charge in [0.1, 0.15) is 5.75 Å². The maximum Gasteiger partial charge on any atom is 0.269 e. The van der Waals surface area contributed by atoms with Crippen LogP contribution < -0.4 is 4.74 Å². The van der Waals surface area contributed by atoms with E-state index in [9.17, 15) is 10.1 Å². The minimum absolute atomic E-state index is 0.0971. The van der Waals surface area contributed by atoms with Gasteiger partial charge in [0.2, 0.25) is 0 Å². The van der Waals surface area contributed by atoms with E-state index >= 15 is 0 Å². The summed E-state index contributed by atoms with van der Waals surface area (Å²) in [5.74, 6) is 0.844. The molecule has 0 N–H and O–H groups in total. The fourth-order valence-corrected chi connectivity index (χ4v) is 2.18. The number of nitro benzene ring substituents is 1. The molecule has 0 aliphatic rings. The first kappa shape index (κ1) is 14.0. The van der Waals surface area contributed by atoms with Crippen molar-refractivity contribution in [3.05, 3.63) is 63.0 Å². The third-order valence-electron chi connectivity index (χ3n) is 3.27. The molecule has 5 heteroatoms. The molecule has 0 bridgehead atoms. The Hall–Kier alpha value is -2.43. The fourth-order valence-electron chi connectivity index (χ4n) is 2.18. The summed E-state index contributed by atoms with van der Waals surface area (Å²) in [6.45, 7) is 3.92. The van der Waals surface area contributed by atoms with Gasteiger partial charge in [-0.1, -0.05) is 12.1 Å². The zero-order chi connectivity index (χ0) is 14.7. The van der Waals surface area contributed by atoms with Crippen molar-refractivity contribution >= 4 is 5.69 Å². The summed E-state index contributed by atoms with van der Waals surface area (Å²) < 4.78 is 5.38. The second-order valence-corrected chi connectivity index (χ2v) is 4.65. The third kappa shape index (κ3) is 2.77. The number of nitrogens with zero attached hydrogens (tertiary/aromatic N) is 2. The highest BCUT2D eigenvalue weighted by molar-refractivity contribution is 5.43. The van der Waals surface area contributed by atoms with Gasteiger partial charge in [0.05, 0.1) is 17.7 Å². The Kier molecular flexibility index (Phi) is 3.98. The molecule has 0 aliphatic heterocycles. The van der Waals surface area contributed by atoms with Crippen LogP contribution in [-0.2, 0) is 6.42 Å². The van der Waals surface area contributed by atoms with Gasteiger partial charge < -0.3 is 4.74 Å². The Balaban J connectivity index is 2.28. The Bertz CT molecular complexity index is 636. The molecular weight excluding hydrogens is 256 g/mol. The van der Waals surface area contributed by atoms with Crippen LogP contribution in [0.25, 0.3) is 0 Å². The minimum Gasteiger partial charge on any atom is -0.496 e. The molecule has 1 aromatic carbocycles. The lowest BCUT2D eigenvalue weighted by Gasteiger charge is -2.12. The number of ether oxygens (including phenoxy) is 1. The van der Waals surface area contributed by atoms with Crippen molar-refractivity contribution < 1.29 is 9.66 Å². The lowest BCUT2D eigenvalue weighted by molar-refractivity contribution is -0.384. The molecule has 2 rings (SSSR count). The van der Waals surface area contributed by atoms with Crippen LogP contribution >= 0.6 is 0 Å². The second kappa shape index (κ2) is 5.69. The summed E-state index contributed by atoms with van der Waals surface area (Å²) in [6.07, 6.45) is 2.41. The van der Waals surface area contributed by atoms with Crippen LogP contribution in [0.5, 0.6) is 5.75 Å². The molecule has 20 heavy (non-hydrogen) atoms. The van der Waals surface area contributed by atoms with E-state index in [-0.39, 0.29) is 5.69 Å². The van der Waals surface area contributed by atoms with Crippen LogP contribution in [0.3, 0.4) is 0 Å². The number of benzene rings is 1.